The first-order valence-electron chi connectivity index (χ1n) is 5.46. The van der Waals surface area contributed by atoms with Crippen LogP contribution >= 0.6 is 11.6 Å². The number of aromatic nitrogens is 2. The van der Waals surface area contributed by atoms with Crippen LogP contribution in [0.25, 0.3) is 0 Å². The summed E-state index contributed by atoms with van der Waals surface area (Å²) in [4.78, 5) is 0. The van der Waals surface area contributed by atoms with Gasteiger partial charge in [-0.3, -0.25) is 4.68 Å². The summed E-state index contributed by atoms with van der Waals surface area (Å²) in [5.74, 6) is 0. The van der Waals surface area contributed by atoms with Crippen molar-refractivity contribution in [1.82, 2.24) is 9.78 Å². The fourth-order valence-corrected chi connectivity index (χ4v) is 1.78. The molecule has 0 aliphatic carbocycles. The first-order chi connectivity index (χ1) is 7.06. The van der Waals surface area contributed by atoms with E-state index in [1.54, 1.807) is 6.20 Å². The van der Waals surface area contributed by atoms with E-state index in [0.717, 1.165) is 25.0 Å². The molecule has 1 atom stereocenters. The van der Waals surface area contributed by atoms with Crippen molar-refractivity contribution >= 4 is 11.6 Å². The van der Waals surface area contributed by atoms with Crippen LogP contribution in [0.2, 0.25) is 5.02 Å². The average Bonchev–Trinajstić information content (AvgIpc) is 2.56. The van der Waals surface area contributed by atoms with Crippen LogP contribution in [0.4, 0.5) is 0 Å². The Bertz CT molecular complexity index is 310. The molecular formula is C11H19ClN2O. The second-order valence-corrected chi connectivity index (χ2v) is 4.49. The first kappa shape index (κ1) is 12.5. The minimum Gasteiger partial charge on any atom is -0.393 e. The van der Waals surface area contributed by atoms with Crippen LogP contribution in [-0.2, 0) is 6.42 Å². The van der Waals surface area contributed by atoms with Crippen molar-refractivity contribution in [3.8, 4) is 0 Å². The van der Waals surface area contributed by atoms with E-state index in [9.17, 15) is 5.11 Å². The van der Waals surface area contributed by atoms with Gasteiger partial charge in [-0.05, 0) is 33.1 Å². The number of aliphatic hydroxyl groups excluding tert-OH is 1. The normalized spacial score (nSPS) is 13.5. The highest BCUT2D eigenvalue weighted by Gasteiger charge is 2.12. The maximum atomic E-state index is 9.50. The summed E-state index contributed by atoms with van der Waals surface area (Å²) >= 11 is 6.05. The largest absolute Gasteiger partial charge is 0.393 e. The Kier molecular flexibility index (Phi) is 4.61. The summed E-state index contributed by atoms with van der Waals surface area (Å²) in [6.07, 6.45) is 3.75. The molecule has 1 aromatic rings. The molecular weight excluding hydrogens is 212 g/mol. The summed E-state index contributed by atoms with van der Waals surface area (Å²) in [7, 11) is 0. The van der Waals surface area contributed by atoms with E-state index in [4.69, 9.17) is 11.6 Å². The Balaban J connectivity index is 2.70. The monoisotopic (exact) mass is 230 g/mol. The fourth-order valence-electron chi connectivity index (χ4n) is 1.55. The van der Waals surface area contributed by atoms with E-state index in [0.29, 0.717) is 11.1 Å². The molecule has 1 rings (SSSR count). The predicted octanol–water partition coefficient (Wildman–Crippen LogP) is 2.82. The maximum Gasteiger partial charge on any atom is 0.0817 e. The molecule has 15 heavy (non-hydrogen) atoms. The highest BCUT2D eigenvalue weighted by molar-refractivity contribution is 6.31. The Hall–Kier alpha value is -0.540. The van der Waals surface area contributed by atoms with Gasteiger partial charge in [0.1, 0.15) is 0 Å². The lowest BCUT2D eigenvalue weighted by Crippen LogP contribution is -2.11. The Morgan fingerprint density at radius 3 is 2.73 bits per heavy atom. The number of halogens is 1. The minimum atomic E-state index is -0.239. The molecule has 0 aliphatic heterocycles. The van der Waals surface area contributed by atoms with Crippen LogP contribution in [0.5, 0.6) is 0 Å². The molecule has 3 nitrogen and oxygen atoms in total. The third kappa shape index (κ3) is 3.21. The van der Waals surface area contributed by atoms with Crippen LogP contribution in [0, 0.1) is 0 Å². The van der Waals surface area contributed by atoms with E-state index in [-0.39, 0.29) is 6.10 Å². The van der Waals surface area contributed by atoms with Crippen LogP contribution in [0.1, 0.15) is 45.3 Å². The molecule has 1 unspecified atom stereocenters. The van der Waals surface area contributed by atoms with Gasteiger partial charge in [0, 0.05) is 6.04 Å². The Morgan fingerprint density at radius 2 is 2.20 bits per heavy atom. The predicted molar refractivity (Wildman–Crippen MR) is 62.2 cm³/mol. The van der Waals surface area contributed by atoms with Gasteiger partial charge in [0.2, 0.25) is 0 Å². The van der Waals surface area contributed by atoms with Crippen molar-refractivity contribution in [2.45, 2.75) is 52.2 Å². The number of aliphatic hydroxyl groups is 1. The van der Waals surface area contributed by atoms with E-state index < -0.39 is 0 Å². The van der Waals surface area contributed by atoms with Crippen LogP contribution in [-0.4, -0.2) is 21.0 Å². The summed E-state index contributed by atoms with van der Waals surface area (Å²) < 4.78 is 1.92. The highest BCUT2D eigenvalue weighted by Crippen LogP contribution is 2.21. The average molecular weight is 231 g/mol. The lowest BCUT2D eigenvalue weighted by Gasteiger charge is -2.12. The Labute approximate surface area is 96.1 Å². The van der Waals surface area contributed by atoms with Gasteiger partial charge < -0.3 is 5.11 Å². The topological polar surface area (TPSA) is 38.1 Å². The van der Waals surface area contributed by atoms with Gasteiger partial charge in [-0.15, -0.1) is 0 Å². The molecule has 0 aliphatic rings. The zero-order chi connectivity index (χ0) is 11.4. The molecule has 0 aromatic carbocycles. The lowest BCUT2D eigenvalue weighted by molar-refractivity contribution is 0.159. The van der Waals surface area contributed by atoms with E-state index in [2.05, 4.69) is 18.9 Å². The quantitative estimate of drug-likeness (QED) is 0.845. The van der Waals surface area contributed by atoms with E-state index in [1.807, 2.05) is 11.6 Å². The summed E-state index contributed by atoms with van der Waals surface area (Å²) in [5.41, 5.74) is 1.03. The molecule has 0 amide bonds. The summed E-state index contributed by atoms with van der Waals surface area (Å²) in [6, 6.07) is 0.311. The van der Waals surface area contributed by atoms with Crippen LogP contribution in [0.15, 0.2) is 6.20 Å². The fraction of sp³-hybridized carbons (Fsp3) is 0.727. The second-order valence-electron chi connectivity index (χ2n) is 4.08. The van der Waals surface area contributed by atoms with Crippen molar-refractivity contribution in [2.24, 2.45) is 0 Å². The summed E-state index contributed by atoms with van der Waals surface area (Å²) in [6.45, 7) is 6.12. The SMILES string of the molecule is CCC(O)CCc1c(Cl)cnn1C(C)C. The first-order valence-corrected chi connectivity index (χ1v) is 5.84. The zero-order valence-electron chi connectivity index (χ0n) is 9.57. The third-order valence-corrected chi connectivity index (χ3v) is 2.84. The lowest BCUT2D eigenvalue weighted by atomic mass is 10.1. The second kappa shape index (κ2) is 5.52. The zero-order valence-corrected chi connectivity index (χ0v) is 10.3. The molecule has 1 heterocycles. The van der Waals surface area contributed by atoms with Gasteiger partial charge in [-0.2, -0.15) is 5.10 Å². The molecule has 0 saturated carbocycles. The number of hydrogen-bond donors (Lipinski definition) is 1. The Morgan fingerprint density at radius 1 is 1.53 bits per heavy atom. The molecule has 1 aromatic heterocycles. The van der Waals surface area contributed by atoms with Gasteiger partial charge in [0.05, 0.1) is 23.0 Å². The molecule has 0 bridgehead atoms. The maximum absolute atomic E-state index is 9.50. The molecule has 0 radical (unpaired) electrons. The van der Waals surface area contributed by atoms with Crippen LogP contribution < -0.4 is 0 Å². The van der Waals surface area contributed by atoms with Crippen molar-refractivity contribution in [3.63, 3.8) is 0 Å². The van der Waals surface area contributed by atoms with Crippen molar-refractivity contribution in [2.75, 3.05) is 0 Å². The molecule has 1 N–H and O–H groups in total. The van der Waals surface area contributed by atoms with Gasteiger partial charge >= 0.3 is 0 Å². The smallest absolute Gasteiger partial charge is 0.0817 e. The van der Waals surface area contributed by atoms with Gasteiger partial charge in [-0.1, -0.05) is 18.5 Å². The van der Waals surface area contributed by atoms with Crippen molar-refractivity contribution < 1.29 is 5.11 Å². The van der Waals surface area contributed by atoms with E-state index in [1.165, 1.54) is 0 Å². The molecule has 0 spiro atoms. The van der Waals surface area contributed by atoms with Crippen LogP contribution in [0.3, 0.4) is 0 Å². The molecule has 86 valence electrons. The molecule has 0 fully saturated rings. The van der Waals surface area contributed by atoms with Gasteiger partial charge in [0.15, 0.2) is 0 Å². The van der Waals surface area contributed by atoms with Gasteiger partial charge in [-0.25, -0.2) is 0 Å². The van der Waals surface area contributed by atoms with Gasteiger partial charge in [0.25, 0.3) is 0 Å². The third-order valence-electron chi connectivity index (χ3n) is 2.52. The number of rotatable bonds is 5. The molecule has 4 heteroatoms. The standard InChI is InChI=1S/C11H19ClN2O/c1-4-9(15)5-6-11-10(12)7-13-14(11)8(2)3/h7-9,15H,4-6H2,1-3H3. The minimum absolute atomic E-state index is 0.239. The number of nitrogens with zero attached hydrogens (tertiary/aromatic N) is 2. The van der Waals surface area contributed by atoms with E-state index >= 15 is 0 Å². The number of hydrogen-bond acceptors (Lipinski definition) is 2. The summed E-state index contributed by atoms with van der Waals surface area (Å²) in [5, 5.41) is 14.4. The van der Waals surface area contributed by atoms with Crippen molar-refractivity contribution in [3.05, 3.63) is 16.9 Å². The van der Waals surface area contributed by atoms with Crippen molar-refractivity contribution in [1.29, 1.82) is 0 Å². The highest BCUT2D eigenvalue weighted by atomic mass is 35.5. The molecule has 0 saturated heterocycles.